The zero-order valence-electron chi connectivity index (χ0n) is 13.4. The molecule has 0 aliphatic carbocycles. The van der Waals surface area contributed by atoms with E-state index in [1.165, 1.54) is 18.2 Å². The number of carbonyl (C=O) groups is 1. The third-order valence-corrected chi connectivity index (χ3v) is 4.56. The molecule has 0 spiro atoms. The first kappa shape index (κ1) is 15.7. The monoisotopic (exact) mass is 340 g/mol. The van der Waals surface area contributed by atoms with Gasteiger partial charge in [0, 0.05) is 25.0 Å². The molecule has 0 amide bonds. The largest absolute Gasteiger partial charge is 0.475 e. The summed E-state index contributed by atoms with van der Waals surface area (Å²) in [5, 5.41) is 9.02. The zero-order valence-corrected chi connectivity index (χ0v) is 13.4. The molecule has 2 aromatic heterocycles. The summed E-state index contributed by atoms with van der Waals surface area (Å²) >= 11 is 0. The van der Waals surface area contributed by atoms with Crippen LogP contribution in [0.5, 0.6) is 0 Å². The highest BCUT2D eigenvalue weighted by Crippen LogP contribution is 2.33. The second kappa shape index (κ2) is 6.22. The SMILES string of the molecule is O=C(O)c1ccc(CN2CCn3cccc3C2c2ccc(F)cc2)o1. The van der Waals surface area contributed by atoms with Crippen molar-refractivity contribution in [3.05, 3.63) is 83.3 Å². The molecule has 4 rings (SSSR count). The van der Waals surface area contributed by atoms with Crippen LogP contribution in [0.4, 0.5) is 4.39 Å². The number of benzene rings is 1. The van der Waals surface area contributed by atoms with Gasteiger partial charge in [0.1, 0.15) is 11.6 Å². The van der Waals surface area contributed by atoms with Crippen LogP contribution in [0.2, 0.25) is 0 Å². The van der Waals surface area contributed by atoms with E-state index in [1.54, 1.807) is 18.2 Å². The number of rotatable bonds is 4. The average Bonchev–Trinajstić information content (AvgIpc) is 3.25. The Kier molecular flexibility index (Phi) is 3.89. The molecular weight excluding hydrogens is 323 g/mol. The van der Waals surface area contributed by atoms with E-state index >= 15 is 0 Å². The van der Waals surface area contributed by atoms with Crippen LogP contribution in [0.3, 0.4) is 0 Å². The fourth-order valence-corrected chi connectivity index (χ4v) is 3.41. The van der Waals surface area contributed by atoms with E-state index < -0.39 is 5.97 Å². The predicted molar refractivity (Wildman–Crippen MR) is 88.8 cm³/mol. The molecule has 6 heteroatoms. The molecule has 128 valence electrons. The van der Waals surface area contributed by atoms with Crippen LogP contribution in [0.15, 0.2) is 59.1 Å². The summed E-state index contributed by atoms with van der Waals surface area (Å²) in [6.45, 7) is 2.11. The average molecular weight is 340 g/mol. The molecule has 25 heavy (non-hydrogen) atoms. The summed E-state index contributed by atoms with van der Waals surface area (Å²) in [6.07, 6.45) is 2.04. The van der Waals surface area contributed by atoms with Crippen LogP contribution in [0, 0.1) is 5.82 Å². The maximum Gasteiger partial charge on any atom is 0.371 e. The van der Waals surface area contributed by atoms with Gasteiger partial charge in [-0.25, -0.2) is 9.18 Å². The Labute approximate surface area is 143 Å². The minimum Gasteiger partial charge on any atom is -0.475 e. The molecule has 0 saturated heterocycles. The molecule has 1 aromatic carbocycles. The van der Waals surface area contributed by atoms with Gasteiger partial charge < -0.3 is 14.1 Å². The molecule has 3 heterocycles. The van der Waals surface area contributed by atoms with Gasteiger partial charge in [0.05, 0.1) is 12.6 Å². The maximum absolute atomic E-state index is 13.3. The van der Waals surface area contributed by atoms with Crippen LogP contribution >= 0.6 is 0 Å². The van der Waals surface area contributed by atoms with E-state index in [2.05, 4.69) is 15.5 Å². The standard InChI is InChI=1S/C19H17FN2O3/c20-14-5-3-13(4-6-14)18-16-2-1-9-21(16)10-11-22(18)12-15-7-8-17(25-15)19(23)24/h1-9,18H,10-12H2,(H,23,24). The quantitative estimate of drug-likeness (QED) is 0.789. The van der Waals surface area contributed by atoms with E-state index in [0.29, 0.717) is 12.3 Å². The highest BCUT2D eigenvalue weighted by molar-refractivity contribution is 5.84. The first-order chi connectivity index (χ1) is 12.1. The van der Waals surface area contributed by atoms with E-state index in [0.717, 1.165) is 24.3 Å². The van der Waals surface area contributed by atoms with Crippen molar-refractivity contribution in [3.63, 3.8) is 0 Å². The number of aromatic carboxylic acids is 1. The highest BCUT2D eigenvalue weighted by Gasteiger charge is 2.29. The number of hydrogen-bond donors (Lipinski definition) is 1. The molecule has 1 aliphatic heterocycles. The molecule has 5 nitrogen and oxygen atoms in total. The lowest BCUT2D eigenvalue weighted by atomic mass is 9.99. The van der Waals surface area contributed by atoms with Gasteiger partial charge in [-0.2, -0.15) is 0 Å². The van der Waals surface area contributed by atoms with Crippen molar-refractivity contribution in [1.82, 2.24) is 9.47 Å². The second-order valence-corrected chi connectivity index (χ2v) is 6.12. The van der Waals surface area contributed by atoms with Gasteiger partial charge in [0.2, 0.25) is 5.76 Å². The second-order valence-electron chi connectivity index (χ2n) is 6.12. The van der Waals surface area contributed by atoms with Gasteiger partial charge in [0.25, 0.3) is 0 Å². The van der Waals surface area contributed by atoms with Crippen molar-refractivity contribution < 1.29 is 18.7 Å². The molecule has 1 unspecified atom stereocenters. The van der Waals surface area contributed by atoms with Gasteiger partial charge >= 0.3 is 5.97 Å². The Bertz CT molecular complexity index is 898. The van der Waals surface area contributed by atoms with Gasteiger partial charge in [-0.05, 0) is 42.0 Å². The molecule has 1 aliphatic rings. The molecule has 0 radical (unpaired) electrons. The van der Waals surface area contributed by atoms with E-state index in [-0.39, 0.29) is 17.6 Å². The van der Waals surface area contributed by atoms with Crippen LogP contribution in [0.1, 0.15) is 33.6 Å². The molecule has 3 aromatic rings. The normalized spacial score (nSPS) is 17.4. The molecule has 0 bridgehead atoms. The van der Waals surface area contributed by atoms with Crippen molar-refractivity contribution in [1.29, 1.82) is 0 Å². The smallest absolute Gasteiger partial charge is 0.371 e. The summed E-state index contributed by atoms with van der Waals surface area (Å²) in [5.41, 5.74) is 2.12. The van der Waals surface area contributed by atoms with Gasteiger partial charge in [0.15, 0.2) is 0 Å². The van der Waals surface area contributed by atoms with E-state index in [4.69, 9.17) is 9.52 Å². The molecule has 1 atom stereocenters. The Hall–Kier alpha value is -2.86. The summed E-state index contributed by atoms with van der Waals surface area (Å²) < 4.78 is 20.9. The van der Waals surface area contributed by atoms with Crippen LogP contribution in [-0.2, 0) is 13.1 Å². The summed E-state index contributed by atoms with van der Waals surface area (Å²) in [4.78, 5) is 13.2. The number of fused-ring (bicyclic) bond motifs is 1. The van der Waals surface area contributed by atoms with E-state index in [1.807, 2.05) is 12.3 Å². The Morgan fingerprint density at radius 3 is 2.68 bits per heavy atom. The predicted octanol–water partition coefficient (Wildman–Crippen LogP) is 3.52. The van der Waals surface area contributed by atoms with Crippen molar-refractivity contribution >= 4 is 5.97 Å². The first-order valence-electron chi connectivity index (χ1n) is 8.08. The number of furan rings is 1. The molecule has 1 N–H and O–H groups in total. The third-order valence-electron chi connectivity index (χ3n) is 4.56. The first-order valence-corrected chi connectivity index (χ1v) is 8.08. The Morgan fingerprint density at radius 1 is 1.16 bits per heavy atom. The van der Waals surface area contributed by atoms with Crippen LogP contribution in [-0.4, -0.2) is 27.1 Å². The molecule has 0 saturated carbocycles. The van der Waals surface area contributed by atoms with Crippen molar-refractivity contribution in [3.8, 4) is 0 Å². The highest BCUT2D eigenvalue weighted by atomic mass is 19.1. The number of halogens is 1. The van der Waals surface area contributed by atoms with Gasteiger partial charge in [-0.1, -0.05) is 12.1 Å². The van der Waals surface area contributed by atoms with Crippen molar-refractivity contribution in [2.24, 2.45) is 0 Å². The van der Waals surface area contributed by atoms with Gasteiger partial charge in [-0.3, -0.25) is 4.90 Å². The molecule has 0 fully saturated rings. The van der Waals surface area contributed by atoms with Crippen LogP contribution in [0.25, 0.3) is 0 Å². The topological polar surface area (TPSA) is 58.6 Å². The fraction of sp³-hybridized carbons (Fsp3) is 0.211. The zero-order chi connectivity index (χ0) is 17.4. The van der Waals surface area contributed by atoms with Crippen molar-refractivity contribution in [2.45, 2.75) is 19.1 Å². The Morgan fingerprint density at radius 2 is 1.96 bits per heavy atom. The minimum atomic E-state index is -1.08. The number of aromatic nitrogens is 1. The fourth-order valence-electron chi connectivity index (χ4n) is 3.41. The summed E-state index contributed by atoms with van der Waals surface area (Å²) in [5.74, 6) is -0.800. The van der Waals surface area contributed by atoms with E-state index in [9.17, 15) is 9.18 Å². The number of carboxylic acids is 1. The minimum absolute atomic E-state index is 0.0391. The Balaban J connectivity index is 1.67. The summed E-state index contributed by atoms with van der Waals surface area (Å²) in [6, 6.07) is 13.7. The van der Waals surface area contributed by atoms with Crippen LogP contribution < -0.4 is 0 Å². The number of nitrogens with zero attached hydrogens (tertiary/aromatic N) is 2. The lowest BCUT2D eigenvalue weighted by Gasteiger charge is -2.36. The summed E-state index contributed by atoms with van der Waals surface area (Å²) in [7, 11) is 0. The number of hydrogen-bond acceptors (Lipinski definition) is 3. The number of carboxylic acid groups (broad SMARTS) is 1. The maximum atomic E-state index is 13.3. The van der Waals surface area contributed by atoms with Crippen molar-refractivity contribution in [2.75, 3.05) is 6.54 Å². The van der Waals surface area contributed by atoms with Gasteiger partial charge in [-0.15, -0.1) is 0 Å². The lowest BCUT2D eigenvalue weighted by molar-refractivity contribution is 0.0656. The molecular formula is C19H17FN2O3. The third kappa shape index (κ3) is 2.96. The lowest BCUT2D eigenvalue weighted by Crippen LogP contribution is -2.37.